The van der Waals surface area contributed by atoms with Crippen molar-refractivity contribution in [2.24, 2.45) is 0 Å². The molecule has 2 rings (SSSR count). The molecule has 1 heterocycles. The number of thioether (sulfide) groups is 1. The second-order valence-electron chi connectivity index (χ2n) is 3.85. The maximum Gasteiger partial charge on any atom is 0.170 e. The molecule has 1 N–H and O–H groups in total. The fraction of sp³-hybridized carbons (Fsp3) is 0.417. The third-order valence-electron chi connectivity index (χ3n) is 2.61. The molecule has 0 saturated heterocycles. The molecule has 1 aromatic carbocycles. The number of hydrogen-bond donors (Lipinski definition) is 1. The minimum atomic E-state index is 0.610. The maximum atomic E-state index is 4.99. The van der Waals surface area contributed by atoms with Crippen LogP contribution in [0.1, 0.15) is 5.82 Å². The van der Waals surface area contributed by atoms with Gasteiger partial charge in [0.1, 0.15) is 0 Å². The van der Waals surface area contributed by atoms with Crippen LogP contribution in [-0.2, 0) is 11.3 Å². The van der Waals surface area contributed by atoms with E-state index in [2.05, 4.69) is 26.9 Å². The van der Waals surface area contributed by atoms with E-state index in [0.29, 0.717) is 13.2 Å². The zero-order valence-electron chi connectivity index (χ0n) is 11.0. The SMILES string of the molecule is COCCNCc1nnnn1-c1ccccc1SC. The molecule has 0 atom stereocenters. The van der Waals surface area contributed by atoms with Crippen molar-refractivity contribution < 1.29 is 4.74 Å². The first-order valence-corrected chi connectivity index (χ1v) is 7.19. The molecule has 1 aromatic heterocycles. The molecule has 0 radical (unpaired) electrons. The predicted octanol–water partition coefficient (Wildman–Crippen LogP) is 1.12. The summed E-state index contributed by atoms with van der Waals surface area (Å²) in [5.74, 6) is 0.789. The molecule has 0 amide bonds. The first-order chi connectivity index (χ1) is 9.36. The Bertz CT molecular complexity index is 516. The number of ether oxygens (including phenoxy) is 1. The van der Waals surface area contributed by atoms with Gasteiger partial charge in [-0.3, -0.25) is 0 Å². The van der Waals surface area contributed by atoms with E-state index in [4.69, 9.17) is 4.74 Å². The highest BCUT2D eigenvalue weighted by atomic mass is 32.2. The fourth-order valence-corrected chi connectivity index (χ4v) is 2.26. The number of nitrogens with zero attached hydrogens (tertiary/aromatic N) is 4. The molecular weight excluding hydrogens is 262 g/mol. The van der Waals surface area contributed by atoms with Gasteiger partial charge in [-0.1, -0.05) is 12.1 Å². The van der Waals surface area contributed by atoms with Crippen molar-refractivity contribution in [3.63, 3.8) is 0 Å². The molecule has 0 saturated carbocycles. The Morgan fingerprint density at radius 3 is 3.00 bits per heavy atom. The summed E-state index contributed by atoms with van der Waals surface area (Å²) < 4.78 is 6.76. The minimum absolute atomic E-state index is 0.610. The first-order valence-electron chi connectivity index (χ1n) is 5.97. The van der Waals surface area contributed by atoms with E-state index in [1.165, 1.54) is 0 Å². The summed E-state index contributed by atoms with van der Waals surface area (Å²) in [6.07, 6.45) is 2.04. The van der Waals surface area contributed by atoms with E-state index in [0.717, 1.165) is 23.0 Å². The summed E-state index contributed by atoms with van der Waals surface area (Å²) in [5.41, 5.74) is 1.00. The molecule has 6 nitrogen and oxygen atoms in total. The van der Waals surface area contributed by atoms with Crippen molar-refractivity contribution in [1.82, 2.24) is 25.5 Å². The monoisotopic (exact) mass is 279 g/mol. The van der Waals surface area contributed by atoms with Crippen molar-refractivity contribution in [2.75, 3.05) is 26.5 Å². The maximum absolute atomic E-state index is 4.99. The van der Waals surface area contributed by atoms with Gasteiger partial charge in [-0.2, -0.15) is 4.68 Å². The highest BCUT2D eigenvalue weighted by Gasteiger charge is 2.10. The van der Waals surface area contributed by atoms with E-state index in [1.807, 2.05) is 24.5 Å². The van der Waals surface area contributed by atoms with Gasteiger partial charge in [0, 0.05) is 18.6 Å². The van der Waals surface area contributed by atoms with Crippen molar-refractivity contribution in [3.05, 3.63) is 30.1 Å². The Kier molecular flexibility index (Phi) is 5.31. The number of para-hydroxylation sites is 1. The van der Waals surface area contributed by atoms with E-state index in [9.17, 15) is 0 Å². The van der Waals surface area contributed by atoms with Crippen molar-refractivity contribution >= 4 is 11.8 Å². The van der Waals surface area contributed by atoms with Crippen molar-refractivity contribution in [1.29, 1.82) is 0 Å². The molecule has 0 aliphatic heterocycles. The lowest BCUT2D eigenvalue weighted by atomic mass is 10.3. The number of nitrogens with one attached hydrogen (secondary N) is 1. The molecule has 0 bridgehead atoms. The highest BCUT2D eigenvalue weighted by molar-refractivity contribution is 7.98. The van der Waals surface area contributed by atoms with Crippen molar-refractivity contribution in [2.45, 2.75) is 11.4 Å². The third-order valence-corrected chi connectivity index (χ3v) is 3.40. The normalized spacial score (nSPS) is 10.8. The van der Waals surface area contributed by atoms with E-state index < -0.39 is 0 Å². The Labute approximate surface area is 116 Å². The molecule has 7 heteroatoms. The summed E-state index contributed by atoms with van der Waals surface area (Å²) in [7, 11) is 1.68. The first kappa shape index (κ1) is 14.0. The van der Waals surface area contributed by atoms with Gasteiger partial charge < -0.3 is 10.1 Å². The molecule has 19 heavy (non-hydrogen) atoms. The number of methoxy groups -OCH3 is 1. The molecule has 102 valence electrons. The number of benzene rings is 1. The standard InChI is InChI=1S/C12H17N5OS/c1-18-8-7-13-9-12-14-15-16-17(12)10-5-3-4-6-11(10)19-2/h3-6,13H,7-9H2,1-2H3. The van der Waals surface area contributed by atoms with Gasteiger partial charge in [-0.25, -0.2) is 0 Å². The smallest absolute Gasteiger partial charge is 0.170 e. The van der Waals surface area contributed by atoms with E-state index >= 15 is 0 Å². The fourth-order valence-electron chi connectivity index (χ4n) is 1.68. The minimum Gasteiger partial charge on any atom is -0.383 e. The summed E-state index contributed by atoms with van der Waals surface area (Å²) in [5, 5.41) is 15.1. The molecule has 0 aliphatic rings. The molecule has 0 fully saturated rings. The zero-order valence-corrected chi connectivity index (χ0v) is 11.9. The number of hydrogen-bond acceptors (Lipinski definition) is 6. The zero-order chi connectivity index (χ0) is 13.5. The van der Waals surface area contributed by atoms with Gasteiger partial charge >= 0.3 is 0 Å². The van der Waals surface area contributed by atoms with Crippen LogP contribution >= 0.6 is 11.8 Å². The van der Waals surface area contributed by atoms with Gasteiger partial charge in [0.25, 0.3) is 0 Å². The van der Waals surface area contributed by atoms with Gasteiger partial charge in [0.2, 0.25) is 0 Å². The third kappa shape index (κ3) is 3.52. The Hall–Kier alpha value is -1.44. The Morgan fingerprint density at radius 2 is 2.21 bits per heavy atom. The lowest BCUT2D eigenvalue weighted by molar-refractivity contribution is 0.199. The summed E-state index contributed by atoms with van der Waals surface area (Å²) >= 11 is 1.68. The van der Waals surface area contributed by atoms with Crippen LogP contribution in [-0.4, -0.2) is 46.7 Å². The van der Waals surface area contributed by atoms with Gasteiger partial charge in [-0.15, -0.1) is 16.9 Å². The lowest BCUT2D eigenvalue weighted by Crippen LogP contribution is -2.21. The largest absolute Gasteiger partial charge is 0.383 e. The Balaban J connectivity index is 2.14. The van der Waals surface area contributed by atoms with Crippen LogP contribution in [0.5, 0.6) is 0 Å². The second-order valence-corrected chi connectivity index (χ2v) is 4.70. The summed E-state index contributed by atoms with van der Waals surface area (Å²) in [6.45, 7) is 2.05. The molecule has 0 unspecified atom stereocenters. The number of rotatable bonds is 7. The Morgan fingerprint density at radius 1 is 1.37 bits per heavy atom. The predicted molar refractivity (Wildman–Crippen MR) is 74.5 cm³/mol. The van der Waals surface area contributed by atoms with Crippen LogP contribution < -0.4 is 5.32 Å². The van der Waals surface area contributed by atoms with Crippen molar-refractivity contribution in [3.8, 4) is 5.69 Å². The van der Waals surface area contributed by atoms with Gasteiger partial charge in [0.05, 0.1) is 18.8 Å². The van der Waals surface area contributed by atoms with E-state index in [-0.39, 0.29) is 0 Å². The number of aromatic nitrogens is 4. The van der Waals surface area contributed by atoms with Gasteiger partial charge in [0.15, 0.2) is 5.82 Å². The van der Waals surface area contributed by atoms with Crippen LogP contribution in [0.25, 0.3) is 5.69 Å². The lowest BCUT2D eigenvalue weighted by Gasteiger charge is -2.09. The summed E-state index contributed by atoms with van der Waals surface area (Å²) in [6, 6.07) is 8.07. The van der Waals surface area contributed by atoms with E-state index in [1.54, 1.807) is 23.6 Å². The van der Waals surface area contributed by atoms with Crippen LogP contribution in [0, 0.1) is 0 Å². The molecule has 0 spiro atoms. The topological polar surface area (TPSA) is 64.9 Å². The van der Waals surface area contributed by atoms with Gasteiger partial charge in [-0.05, 0) is 28.8 Å². The molecule has 0 aliphatic carbocycles. The molecular formula is C12H17N5OS. The van der Waals surface area contributed by atoms with Crippen LogP contribution in [0.4, 0.5) is 0 Å². The quantitative estimate of drug-likeness (QED) is 0.605. The summed E-state index contributed by atoms with van der Waals surface area (Å²) in [4.78, 5) is 1.15. The average molecular weight is 279 g/mol. The highest BCUT2D eigenvalue weighted by Crippen LogP contribution is 2.23. The second kappa shape index (κ2) is 7.22. The average Bonchev–Trinajstić information content (AvgIpc) is 2.92. The van der Waals surface area contributed by atoms with Crippen LogP contribution in [0.2, 0.25) is 0 Å². The van der Waals surface area contributed by atoms with Crippen LogP contribution in [0.3, 0.4) is 0 Å². The number of tetrazole rings is 1. The molecule has 2 aromatic rings. The van der Waals surface area contributed by atoms with Crippen LogP contribution in [0.15, 0.2) is 29.2 Å².